The molecule has 0 saturated carbocycles. The highest BCUT2D eigenvalue weighted by molar-refractivity contribution is 7.80. The Bertz CT molecular complexity index is 810. The van der Waals surface area contributed by atoms with E-state index in [2.05, 4.69) is 5.32 Å². The maximum atomic E-state index is 13.8. The third-order valence-corrected chi connectivity index (χ3v) is 4.52. The molecule has 23 heavy (non-hydrogen) atoms. The lowest BCUT2D eigenvalue weighted by atomic mass is 10.0. The lowest BCUT2D eigenvalue weighted by Crippen LogP contribution is -2.29. The van der Waals surface area contributed by atoms with Gasteiger partial charge in [0, 0.05) is 16.3 Å². The van der Waals surface area contributed by atoms with Crippen LogP contribution in [0.2, 0.25) is 10.0 Å². The Labute approximate surface area is 148 Å². The van der Waals surface area contributed by atoms with Gasteiger partial charge in [-0.25, -0.2) is 4.39 Å². The molecule has 2 aromatic carbocycles. The fourth-order valence-electron chi connectivity index (χ4n) is 2.47. The number of anilines is 1. The van der Waals surface area contributed by atoms with Crippen molar-refractivity contribution in [2.75, 3.05) is 4.90 Å². The summed E-state index contributed by atoms with van der Waals surface area (Å²) in [6, 6.07) is 9.11. The zero-order valence-electron chi connectivity index (χ0n) is 11.9. The van der Waals surface area contributed by atoms with Crippen molar-refractivity contribution in [3.63, 3.8) is 0 Å². The summed E-state index contributed by atoms with van der Waals surface area (Å²) in [5, 5.41) is 2.95. The van der Waals surface area contributed by atoms with E-state index >= 15 is 0 Å². The number of hydrogen-bond acceptors (Lipinski definition) is 2. The number of nitrogens with one attached hydrogen (secondary N) is 1. The first-order valence-electron chi connectivity index (χ1n) is 6.73. The molecule has 1 heterocycles. The molecule has 2 aromatic rings. The molecule has 1 unspecified atom stereocenters. The molecule has 0 spiro atoms. The summed E-state index contributed by atoms with van der Waals surface area (Å²) in [5.41, 5.74) is 2.10. The molecule has 0 radical (unpaired) electrons. The van der Waals surface area contributed by atoms with Gasteiger partial charge in [-0.3, -0.25) is 4.79 Å². The highest BCUT2D eigenvalue weighted by Crippen LogP contribution is 2.37. The first kappa shape index (κ1) is 16.2. The summed E-state index contributed by atoms with van der Waals surface area (Å²) in [6.45, 7) is 1.96. The van der Waals surface area contributed by atoms with Gasteiger partial charge in [-0.05, 0) is 43.4 Å². The lowest BCUT2D eigenvalue weighted by Gasteiger charge is -2.24. The third-order valence-electron chi connectivity index (χ3n) is 3.60. The molecule has 1 fully saturated rings. The Morgan fingerprint density at radius 1 is 1.17 bits per heavy atom. The number of amides is 1. The molecule has 1 N–H and O–H groups in total. The first-order chi connectivity index (χ1) is 10.9. The van der Waals surface area contributed by atoms with E-state index in [4.69, 9.17) is 35.4 Å². The van der Waals surface area contributed by atoms with Crippen LogP contribution >= 0.6 is 35.4 Å². The van der Waals surface area contributed by atoms with E-state index < -0.39 is 11.9 Å². The van der Waals surface area contributed by atoms with E-state index in [1.54, 1.807) is 4.90 Å². The molecule has 1 aliphatic rings. The van der Waals surface area contributed by atoms with Gasteiger partial charge in [0.25, 0.3) is 5.91 Å². The summed E-state index contributed by atoms with van der Waals surface area (Å²) in [6.07, 6.45) is 0. The maximum Gasteiger partial charge on any atom is 0.253 e. The number of rotatable bonds is 2. The normalized spacial score (nSPS) is 17.6. The van der Waals surface area contributed by atoms with Crippen LogP contribution in [-0.2, 0) is 4.79 Å². The number of benzene rings is 2. The van der Waals surface area contributed by atoms with Crippen LogP contribution in [0.3, 0.4) is 0 Å². The van der Waals surface area contributed by atoms with Crippen molar-refractivity contribution in [2.45, 2.75) is 13.0 Å². The van der Waals surface area contributed by atoms with Gasteiger partial charge in [0.2, 0.25) is 0 Å². The zero-order chi connectivity index (χ0) is 16.7. The van der Waals surface area contributed by atoms with Crippen molar-refractivity contribution < 1.29 is 9.18 Å². The molecule has 1 amide bonds. The second kappa shape index (κ2) is 6.07. The molecular weight excluding hydrogens is 358 g/mol. The molecule has 1 aliphatic heterocycles. The average Bonchev–Trinajstić information content (AvgIpc) is 2.78. The number of halogens is 3. The molecule has 0 bridgehead atoms. The molecule has 0 aliphatic carbocycles. The minimum absolute atomic E-state index is 0.0957. The second-order valence-corrected chi connectivity index (χ2v) is 6.39. The molecule has 3 rings (SSSR count). The molecule has 1 atom stereocenters. The van der Waals surface area contributed by atoms with Crippen LogP contribution in [0.15, 0.2) is 36.4 Å². The smallest absolute Gasteiger partial charge is 0.253 e. The number of hydrogen-bond donors (Lipinski definition) is 1. The predicted molar refractivity (Wildman–Crippen MR) is 93.6 cm³/mol. The van der Waals surface area contributed by atoms with E-state index in [1.165, 1.54) is 12.1 Å². The van der Waals surface area contributed by atoms with Crippen LogP contribution < -0.4 is 10.2 Å². The van der Waals surface area contributed by atoms with Crippen LogP contribution in [0, 0.1) is 12.7 Å². The fraction of sp³-hybridized carbons (Fsp3) is 0.125. The van der Waals surface area contributed by atoms with Crippen molar-refractivity contribution in [2.24, 2.45) is 0 Å². The summed E-state index contributed by atoms with van der Waals surface area (Å²) >= 11 is 17.1. The van der Waals surface area contributed by atoms with E-state index in [0.717, 1.165) is 11.3 Å². The van der Waals surface area contributed by atoms with E-state index in [-0.39, 0.29) is 21.1 Å². The van der Waals surface area contributed by atoms with Gasteiger partial charge in [-0.15, -0.1) is 0 Å². The van der Waals surface area contributed by atoms with Gasteiger partial charge >= 0.3 is 0 Å². The van der Waals surface area contributed by atoms with Crippen molar-refractivity contribution in [1.29, 1.82) is 0 Å². The minimum atomic E-state index is -0.843. The molecule has 0 aromatic heterocycles. The Hall–Kier alpha value is -1.69. The highest BCUT2D eigenvalue weighted by Gasteiger charge is 2.39. The van der Waals surface area contributed by atoms with Crippen LogP contribution in [0.5, 0.6) is 0 Å². The standard InChI is InChI=1S/C16H11Cl2FN2OS/c1-8-2-4-9(5-3-8)21-14(15(22)20-16(21)23)10-6-13(19)12(18)7-11(10)17/h2-7,14H,1H3,(H,20,22,23). The van der Waals surface area contributed by atoms with Gasteiger partial charge in [0.1, 0.15) is 11.9 Å². The van der Waals surface area contributed by atoms with E-state index in [0.29, 0.717) is 5.56 Å². The number of thiocarbonyl (C=S) groups is 1. The topological polar surface area (TPSA) is 32.3 Å². The number of aryl methyl sites for hydroxylation is 1. The quantitative estimate of drug-likeness (QED) is 0.629. The summed E-state index contributed by atoms with van der Waals surface area (Å²) in [4.78, 5) is 13.9. The van der Waals surface area contributed by atoms with E-state index in [1.807, 2.05) is 31.2 Å². The predicted octanol–water partition coefficient (Wildman–Crippen LogP) is 4.40. The Balaban J connectivity index is 2.12. The van der Waals surface area contributed by atoms with Crippen LogP contribution in [0.4, 0.5) is 10.1 Å². The van der Waals surface area contributed by atoms with Crippen molar-refractivity contribution in [3.8, 4) is 0 Å². The van der Waals surface area contributed by atoms with Gasteiger partial charge in [0.05, 0.1) is 5.02 Å². The molecule has 1 saturated heterocycles. The van der Waals surface area contributed by atoms with Gasteiger partial charge < -0.3 is 10.2 Å². The van der Waals surface area contributed by atoms with Gasteiger partial charge in [-0.1, -0.05) is 40.9 Å². The molecular formula is C16H11Cl2FN2OS. The Morgan fingerprint density at radius 2 is 1.83 bits per heavy atom. The second-order valence-electron chi connectivity index (χ2n) is 5.19. The highest BCUT2D eigenvalue weighted by atomic mass is 35.5. The average molecular weight is 369 g/mol. The first-order valence-corrected chi connectivity index (χ1v) is 7.90. The minimum Gasteiger partial charge on any atom is -0.302 e. The van der Waals surface area contributed by atoms with Crippen molar-refractivity contribution in [1.82, 2.24) is 5.32 Å². The van der Waals surface area contributed by atoms with Crippen molar-refractivity contribution >= 4 is 52.1 Å². The molecule has 3 nitrogen and oxygen atoms in total. The number of nitrogens with zero attached hydrogens (tertiary/aromatic N) is 1. The number of carbonyl (C=O) groups excluding carboxylic acids is 1. The van der Waals surface area contributed by atoms with Crippen LogP contribution in [0.1, 0.15) is 17.2 Å². The van der Waals surface area contributed by atoms with Gasteiger partial charge in [0.15, 0.2) is 5.11 Å². The lowest BCUT2D eigenvalue weighted by molar-refractivity contribution is -0.119. The number of carbonyl (C=O) groups is 1. The van der Waals surface area contributed by atoms with Crippen LogP contribution in [0.25, 0.3) is 0 Å². The Kier molecular flexibility index (Phi) is 4.27. The monoisotopic (exact) mass is 368 g/mol. The molecule has 118 valence electrons. The van der Waals surface area contributed by atoms with Crippen molar-refractivity contribution in [3.05, 3.63) is 63.4 Å². The zero-order valence-corrected chi connectivity index (χ0v) is 14.3. The summed E-state index contributed by atoms with van der Waals surface area (Å²) < 4.78 is 13.8. The Morgan fingerprint density at radius 3 is 2.48 bits per heavy atom. The summed E-state index contributed by atoms with van der Waals surface area (Å²) in [7, 11) is 0. The SMILES string of the molecule is Cc1ccc(N2C(=S)NC(=O)C2c2cc(F)c(Cl)cc2Cl)cc1. The van der Waals surface area contributed by atoms with E-state index in [9.17, 15) is 9.18 Å². The molecule has 7 heteroatoms. The maximum absolute atomic E-state index is 13.8. The van der Waals surface area contributed by atoms with Gasteiger partial charge in [-0.2, -0.15) is 0 Å². The largest absolute Gasteiger partial charge is 0.302 e. The van der Waals surface area contributed by atoms with Crippen LogP contribution in [-0.4, -0.2) is 11.0 Å². The third kappa shape index (κ3) is 2.92. The fourth-order valence-corrected chi connectivity index (χ4v) is 3.27. The summed E-state index contributed by atoms with van der Waals surface area (Å²) in [5.74, 6) is -1.00.